The van der Waals surface area contributed by atoms with Crippen molar-refractivity contribution in [3.63, 3.8) is 0 Å². The Balaban J connectivity index is 0.000000151. The van der Waals surface area contributed by atoms with Crippen molar-refractivity contribution in [1.29, 1.82) is 0 Å². The van der Waals surface area contributed by atoms with Gasteiger partial charge in [0.15, 0.2) is 0 Å². The molecule has 2 aliphatic rings. The maximum atomic E-state index is 8.87. The van der Waals surface area contributed by atoms with Gasteiger partial charge in [-0.2, -0.15) is 0 Å². The van der Waals surface area contributed by atoms with E-state index < -0.39 is 0 Å². The molecule has 0 unspecified atom stereocenters. The molecule has 2 aliphatic heterocycles. The third-order valence-electron chi connectivity index (χ3n) is 2.93. The Morgan fingerprint density at radius 3 is 1.67 bits per heavy atom. The monoisotopic (exact) mass is 216 g/mol. The van der Waals surface area contributed by atoms with E-state index in [2.05, 4.69) is 10.6 Å². The van der Waals surface area contributed by atoms with Gasteiger partial charge >= 0.3 is 0 Å². The summed E-state index contributed by atoms with van der Waals surface area (Å²) in [6.45, 7) is 4.22. The van der Waals surface area contributed by atoms with Crippen molar-refractivity contribution in [2.75, 3.05) is 33.3 Å². The lowest BCUT2D eigenvalue weighted by molar-refractivity contribution is 0.0765. The van der Waals surface area contributed by atoms with Crippen LogP contribution in [-0.2, 0) is 4.74 Å². The standard InChI is InChI=1S/C6H13NO.C5H11NO/c1-8-6-2-4-7-5-3-6;7-5-1-3-6-4-2-5/h6-7H,2-5H2,1H3;5-7H,1-4H2. The Bertz CT molecular complexity index is 144. The molecule has 0 aromatic carbocycles. The Kier molecular flexibility index (Phi) is 6.92. The van der Waals surface area contributed by atoms with Gasteiger partial charge in [0.1, 0.15) is 0 Å². The summed E-state index contributed by atoms with van der Waals surface area (Å²) < 4.78 is 5.15. The van der Waals surface area contributed by atoms with Crippen LogP contribution in [0.1, 0.15) is 25.7 Å². The topological polar surface area (TPSA) is 53.5 Å². The van der Waals surface area contributed by atoms with Crippen molar-refractivity contribution >= 4 is 0 Å². The Morgan fingerprint density at radius 1 is 0.933 bits per heavy atom. The number of hydrogen-bond acceptors (Lipinski definition) is 4. The number of piperidine rings is 2. The molecule has 15 heavy (non-hydrogen) atoms. The first-order chi connectivity index (χ1) is 7.33. The normalized spacial score (nSPS) is 24.4. The lowest BCUT2D eigenvalue weighted by atomic mass is 10.1. The van der Waals surface area contributed by atoms with Crippen LogP contribution in [0.25, 0.3) is 0 Å². The molecule has 0 amide bonds. The van der Waals surface area contributed by atoms with Gasteiger partial charge in [-0.05, 0) is 51.9 Å². The van der Waals surface area contributed by atoms with Crippen molar-refractivity contribution in [3.8, 4) is 0 Å². The first-order valence-corrected chi connectivity index (χ1v) is 5.95. The van der Waals surface area contributed by atoms with Gasteiger partial charge < -0.3 is 20.5 Å². The van der Waals surface area contributed by atoms with Crippen LogP contribution in [0.5, 0.6) is 0 Å². The summed E-state index contributed by atoms with van der Waals surface area (Å²) in [6, 6.07) is 0. The fraction of sp³-hybridized carbons (Fsp3) is 1.00. The van der Waals surface area contributed by atoms with E-state index in [1.165, 1.54) is 12.8 Å². The maximum absolute atomic E-state index is 8.87. The van der Waals surface area contributed by atoms with Crippen molar-refractivity contribution < 1.29 is 9.84 Å². The van der Waals surface area contributed by atoms with Crippen molar-refractivity contribution in [2.45, 2.75) is 37.9 Å². The number of hydrogen-bond donors (Lipinski definition) is 3. The van der Waals surface area contributed by atoms with Gasteiger partial charge in [-0.15, -0.1) is 0 Å². The summed E-state index contributed by atoms with van der Waals surface area (Å²) in [6.07, 6.45) is 4.71. The molecule has 0 atom stereocenters. The van der Waals surface area contributed by atoms with Crippen LogP contribution in [0.3, 0.4) is 0 Å². The molecule has 2 fully saturated rings. The molecule has 0 aromatic rings. The van der Waals surface area contributed by atoms with E-state index >= 15 is 0 Å². The maximum Gasteiger partial charge on any atom is 0.0595 e. The molecule has 4 nitrogen and oxygen atoms in total. The third kappa shape index (κ3) is 6.10. The quantitative estimate of drug-likeness (QED) is 0.582. The number of rotatable bonds is 1. The minimum absolute atomic E-state index is 0.0266. The second-order valence-corrected chi connectivity index (χ2v) is 4.17. The van der Waals surface area contributed by atoms with Crippen molar-refractivity contribution in [2.24, 2.45) is 0 Å². The van der Waals surface area contributed by atoms with E-state index in [0.717, 1.165) is 39.0 Å². The Hall–Kier alpha value is -0.160. The average Bonchev–Trinajstić information content (AvgIpc) is 2.32. The van der Waals surface area contributed by atoms with Crippen LogP contribution in [0.4, 0.5) is 0 Å². The summed E-state index contributed by atoms with van der Waals surface area (Å²) in [5.41, 5.74) is 0. The highest BCUT2D eigenvalue weighted by Gasteiger charge is 2.10. The average molecular weight is 216 g/mol. The van der Waals surface area contributed by atoms with Crippen molar-refractivity contribution in [3.05, 3.63) is 0 Å². The van der Waals surface area contributed by atoms with Gasteiger partial charge in [0.25, 0.3) is 0 Å². The zero-order valence-electron chi connectivity index (χ0n) is 9.67. The van der Waals surface area contributed by atoms with Gasteiger partial charge in [-0.3, -0.25) is 0 Å². The third-order valence-corrected chi connectivity index (χ3v) is 2.93. The van der Waals surface area contributed by atoms with Crippen LogP contribution in [0.2, 0.25) is 0 Å². The molecule has 0 aliphatic carbocycles. The number of aliphatic hydroxyl groups is 1. The second kappa shape index (κ2) is 8.05. The highest BCUT2D eigenvalue weighted by atomic mass is 16.5. The van der Waals surface area contributed by atoms with E-state index in [1.54, 1.807) is 7.11 Å². The SMILES string of the molecule is COC1CCNCC1.OC1CCNCC1. The van der Waals surface area contributed by atoms with E-state index in [1.807, 2.05) is 0 Å². The molecule has 0 saturated carbocycles. The zero-order chi connectivity index (χ0) is 10.9. The largest absolute Gasteiger partial charge is 0.393 e. The fourth-order valence-electron chi connectivity index (χ4n) is 1.84. The Morgan fingerprint density at radius 2 is 1.40 bits per heavy atom. The first-order valence-electron chi connectivity index (χ1n) is 5.95. The van der Waals surface area contributed by atoms with E-state index in [0.29, 0.717) is 6.10 Å². The summed E-state index contributed by atoms with van der Waals surface area (Å²) in [7, 11) is 1.79. The van der Waals surface area contributed by atoms with E-state index in [4.69, 9.17) is 9.84 Å². The molecular formula is C11H24N2O2. The highest BCUT2D eigenvalue weighted by Crippen LogP contribution is 2.04. The van der Waals surface area contributed by atoms with Gasteiger partial charge in [0, 0.05) is 7.11 Å². The van der Waals surface area contributed by atoms with Gasteiger partial charge in [0.2, 0.25) is 0 Å². The minimum atomic E-state index is -0.0266. The summed E-state index contributed by atoms with van der Waals surface area (Å²) in [4.78, 5) is 0. The number of ether oxygens (including phenoxy) is 1. The number of nitrogens with one attached hydrogen (secondary N) is 2. The van der Waals surface area contributed by atoms with Crippen LogP contribution in [-0.4, -0.2) is 50.6 Å². The first kappa shape index (κ1) is 12.9. The molecule has 2 heterocycles. The molecule has 2 rings (SSSR count). The second-order valence-electron chi connectivity index (χ2n) is 4.17. The Labute approximate surface area is 92.4 Å². The fourth-order valence-corrected chi connectivity index (χ4v) is 1.84. The zero-order valence-corrected chi connectivity index (χ0v) is 9.67. The van der Waals surface area contributed by atoms with Gasteiger partial charge in [-0.1, -0.05) is 0 Å². The molecule has 0 aromatic heterocycles. The predicted octanol–water partition coefficient (Wildman–Crippen LogP) is 0.116. The van der Waals surface area contributed by atoms with Crippen LogP contribution >= 0.6 is 0 Å². The lowest BCUT2D eigenvalue weighted by Gasteiger charge is -2.20. The summed E-state index contributed by atoms with van der Waals surface area (Å²) in [5.74, 6) is 0. The van der Waals surface area contributed by atoms with Crippen LogP contribution in [0.15, 0.2) is 0 Å². The summed E-state index contributed by atoms with van der Waals surface area (Å²) in [5, 5.41) is 15.3. The van der Waals surface area contributed by atoms with Crippen LogP contribution < -0.4 is 10.6 Å². The molecule has 2 saturated heterocycles. The van der Waals surface area contributed by atoms with E-state index in [9.17, 15) is 0 Å². The summed E-state index contributed by atoms with van der Waals surface area (Å²) >= 11 is 0. The van der Waals surface area contributed by atoms with Gasteiger partial charge in [-0.25, -0.2) is 0 Å². The van der Waals surface area contributed by atoms with Crippen LogP contribution in [0, 0.1) is 0 Å². The molecule has 3 N–H and O–H groups in total. The van der Waals surface area contributed by atoms with Gasteiger partial charge in [0.05, 0.1) is 12.2 Å². The number of aliphatic hydroxyl groups excluding tert-OH is 1. The minimum Gasteiger partial charge on any atom is -0.393 e. The van der Waals surface area contributed by atoms with E-state index in [-0.39, 0.29) is 6.10 Å². The molecule has 0 radical (unpaired) electrons. The molecule has 0 bridgehead atoms. The predicted molar refractivity (Wildman–Crippen MR) is 61.0 cm³/mol. The molecule has 4 heteroatoms. The molecule has 0 spiro atoms. The lowest BCUT2D eigenvalue weighted by Crippen LogP contribution is -2.31. The van der Waals surface area contributed by atoms with Crippen molar-refractivity contribution in [1.82, 2.24) is 10.6 Å². The molecule has 90 valence electrons. The molecular weight excluding hydrogens is 192 g/mol. The highest BCUT2D eigenvalue weighted by molar-refractivity contribution is 4.67. The number of methoxy groups -OCH3 is 1. The smallest absolute Gasteiger partial charge is 0.0595 e.